The van der Waals surface area contributed by atoms with Gasteiger partial charge >= 0.3 is 0 Å². The molecule has 5 heteroatoms. The van der Waals surface area contributed by atoms with E-state index in [0.717, 1.165) is 25.7 Å². The Kier molecular flexibility index (Phi) is 5.49. The lowest BCUT2D eigenvalue weighted by Gasteiger charge is -2.22. The average Bonchev–Trinajstić information content (AvgIpc) is 3.40. The topological polar surface area (TPSA) is 71.5 Å². The highest BCUT2D eigenvalue weighted by Gasteiger charge is 2.32. The van der Waals surface area contributed by atoms with Crippen molar-refractivity contribution in [3.05, 3.63) is 23.9 Å². The van der Waals surface area contributed by atoms with Gasteiger partial charge < -0.3 is 15.2 Å². The number of pyridine rings is 1. The molecule has 5 nitrogen and oxygen atoms in total. The zero-order valence-corrected chi connectivity index (χ0v) is 13.5. The van der Waals surface area contributed by atoms with Crippen LogP contribution in [0.4, 0.5) is 0 Å². The lowest BCUT2D eigenvalue weighted by atomic mass is 9.98. The Labute approximate surface area is 137 Å². The van der Waals surface area contributed by atoms with Crippen molar-refractivity contribution in [1.29, 1.82) is 0 Å². The zero-order valence-electron chi connectivity index (χ0n) is 13.5. The third-order valence-electron chi connectivity index (χ3n) is 4.78. The first-order valence-electron chi connectivity index (χ1n) is 8.80. The standard InChI is InChI=1S/C18H26N2O3/c21-11-9-16(13-6-7-13)20-18(22)14-8-10-19-17(12-14)23-15-4-2-1-3-5-15/h8,10,12-13,15-16,21H,1-7,9,11H2,(H,20,22). The van der Waals surface area contributed by atoms with E-state index in [4.69, 9.17) is 9.84 Å². The summed E-state index contributed by atoms with van der Waals surface area (Å²) < 4.78 is 5.93. The van der Waals surface area contributed by atoms with Crippen LogP contribution in [0, 0.1) is 5.92 Å². The number of rotatable bonds is 7. The van der Waals surface area contributed by atoms with Crippen molar-refractivity contribution in [2.45, 2.75) is 63.5 Å². The Hall–Kier alpha value is -1.62. The molecule has 0 aromatic carbocycles. The molecule has 1 aromatic rings. The lowest BCUT2D eigenvalue weighted by Crippen LogP contribution is -2.37. The minimum absolute atomic E-state index is 0.0726. The van der Waals surface area contributed by atoms with Crippen molar-refractivity contribution in [2.75, 3.05) is 6.61 Å². The SMILES string of the molecule is O=C(NC(CCO)C1CC1)c1ccnc(OC2CCCCC2)c1. The predicted octanol–water partition coefficient (Wildman–Crippen LogP) is 2.68. The van der Waals surface area contributed by atoms with E-state index in [2.05, 4.69) is 10.3 Å². The summed E-state index contributed by atoms with van der Waals surface area (Å²) in [5, 5.41) is 12.2. The van der Waals surface area contributed by atoms with Crippen LogP contribution in [0.5, 0.6) is 5.88 Å². The normalized spacial score (nSPS) is 20.0. The predicted molar refractivity (Wildman–Crippen MR) is 87.4 cm³/mol. The van der Waals surface area contributed by atoms with Gasteiger partial charge in [0.05, 0.1) is 0 Å². The van der Waals surface area contributed by atoms with E-state index < -0.39 is 0 Å². The summed E-state index contributed by atoms with van der Waals surface area (Å²) in [6.45, 7) is 0.105. The fourth-order valence-corrected chi connectivity index (χ4v) is 3.28. The molecule has 0 bridgehead atoms. The zero-order chi connectivity index (χ0) is 16.1. The van der Waals surface area contributed by atoms with Gasteiger partial charge in [-0.05, 0) is 56.9 Å². The molecule has 0 radical (unpaired) electrons. The van der Waals surface area contributed by atoms with Gasteiger partial charge in [0, 0.05) is 30.5 Å². The second-order valence-corrected chi connectivity index (χ2v) is 6.69. The summed E-state index contributed by atoms with van der Waals surface area (Å²) in [6, 6.07) is 3.52. The van der Waals surface area contributed by atoms with Crippen LogP contribution in [0.1, 0.15) is 61.7 Å². The molecule has 2 fully saturated rings. The number of aliphatic hydroxyl groups excluding tert-OH is 1. The van der Waals surface area contributed by atoms with Crippen LogP contribution >= 0.6 is 0 Å². The van der Waals surface area contributed by atoms with Crippen molar-refractivity contribution >= 4 is 5.91 Å². The van der Waals surface area contributed by atoms with Gasteiger partial charge in [0.1, 0.15) is 6.10 Å². The molecule has 0 aliphatic heterocycles. The molecule has 2 aliphatic rings. The highest BCUT2D eigenvalue weighted by Crippen LogP contribution is 2.34. The molecule has 1 aromatic heterocycles. The molecule has 1 unspecified atom stereocenters. The summed E-state index contributed by atoms with van der Waals surface area (Å²) in [6.07, 6.45) is 10.6. The summed E-state index contributed by atoms with van der Waals surface area (Å²) in [7, 11) is 0. The number of hydrogen-bond acceptors (Lipinski definition) is 4. The third kappa shape index (κ3) is 4.67. The van der Waals surface area contributed by atoms with Crippen molar-refractivity contribution in [3.63, 3.8) is 0 Å². The number of nitrogens with zero attached hydrogens (tertiary/aromatic N) is 1. The molecule has 2 N–H and O–H groups in total. The van der Waals surface area contributed by atoms with Gasteiger partial charge in [-0.1, -0.05) is 6.42 Å². The summed E-state index contributed by atoms with van der Waals surface area (Å²) in [4.78, 5) is 16.7. The minimum atomic E-state index is -0.105. The van der Waals surface area contributed by atoms with Crippen molar-refractivity contribution in [3.8, 4) is 5.88 Å². The monoisotopic (exact) mass is 318 g/mol. The molecule has 1 atom stereocenters. The van der Waals surface area contributed by atoms with E-state index in [1.54, 1.807) is 18.3 Å². The number of carbonyl (C=O) groups is 1. The first-order valence-corrected chi connectivity index (χ1v) is 8.80. The molecule has 0 saturated heterocycles. The van der Waals surface area contributed by atoms with Crippen LogP contribution in [-0.2, 0) is 0 Å². The molecule has 23 heavy (non-hydrogen) atoms. The van der Waals surface area contributed by atoms with E-state index in [0.29, 0.717) is 23.8 Å². The van der Waals surface area contributed by atoms with Crippen molar-refractivity contribution in [1.82, 2.24) is 10.3 Å². The van der Waals surface area contributed by atoms with Crippen LogP contribution in [-0.4, -0.2) is 34.8 Å². The first-order chi connectivity index (χ1) is 11.3. The maximum absolute atomic E-state index is 12.4. The number of nitrogens with one attached hydrogen (secondary N) is 1. The number of aromatic nitrogens is 1. The van der Waals surface area contributed by atoms with E-state index >= 15 is 0 Å². The Balaban J connectivity index is 1.60. The maximum Gasteiger partial charge on any atom is 0.251 e. The third-order valence-corrected chi connectivity index (χ3v) is 4.78. The van der Waals surface area contributed by atoms with Crippen LogP contribution in [0.3, 0.4) is 0 Å². The van der Waals surface area contributed by atoms with Gasteiger partial charge in [-0.25, -0.2) is 4.98 Å². The van der Waals surface area contributed by atoms with Gasteiger partial charge in [-0.2, -0.15) is 0 Å². The molecule has 3 rings (SSSR count). The van der Waals surface area contributed by atoms with Crippen LogP contribution in [0.2, 0.25) is 0 Å². The number of aliphatic hydroxyl groups is 1. The molecular formula is C18H26N2O3. The van der Waals surface area contributed by atoms with Crippen molar-refractivity contribution < 1.29 is 14.6 Å². The first kappa shape index (κ1) is 16.2. The Bertz CT molecular complexity index is 525. The van der Waals surface area contributed by atoms with E-state index in [9.17, 15) is 4.79 Å². The lowest BCUT2D eigenvalue weighted by molar-refractivity contribution is 0.0922. The Morgan fingerprint density at radius 1 is 1.30 bits per heavy atom. The quantitative estimate of drug-likeness (QED) is 0.811. The summed E-state index contributed by atoms with van der Waals surface area (Å²) in [5.74, 6) is 0.951. The maximum atomic E-state index is 12.4. The highest BCUT2D eigenvalue weighted by atomic mass is 16.5. The fourth-order valence-electron chi connectivity index (χ4n) is 3.28. The largest absolute Gasteiger partial charge is 0.474 e. The summed E-state index contributed by atoms with van der Waals surface area (Å²) in [5.41, 5.74) is 0.578. The van der Waals surface area contributed by atoms with Gasteiger partial charge in [-0.3, -0.25) is 4.79 Å². The van der Waals surface area contributed by atoms with Gasteiger partial charge in [-0.15, -0.1) is 0 Å². The number of ether oxygens (including phenoxy) is 1. The van der Waals surface area contributed by atoms with Gasteiger partial charge in [0.25, 0.3) is 5.91 Å². The fraction of sp³-hybridized carbons (Fsp3) is 0.667. The Morgan fingerprint density at radius 3 is 2.78 bits per heavy atom. The van der Waals surface area contributed by atoms with E-state index in [1.165, 1.54) is 19.3 Å². The second-order valence-electron chi connectivity index (χ2n) is 6.69. The van der Waals surface area contributed by atoms with Crippen LogP contribution in [0.25, 0.3) is 0 Å². The molecule has 0 spiro atoms. The average molecular weight is 318 g/mol. The molecule has 2 aliphatic carbocycles. The highest BCUT2D eigenvalue weighted by molar-refractivity contribution is 5.94. The number of amides is 1. The molecular weight excluding hydrogens is 292 g/mol. The van der Waals surface area contributed by atoms with Gasteiger partial charge in [0.2, 0.25) is 5.88 Å². The molecule has 126 valence electrons. The summed E-state index contributed by atoms with van der Waals surface area (Å²) >= 11 is 0. The van der Waals surface area contributed by atoms with E-state index in [1.807, 2.05) is 0 Å². The minimum Gasteiger partial charge on any atom is -0.474 e. The van der Waals surface area contributed by atoms with Crippen LogP contribution < -0.4 is 10.1 Å². The van der Waals surface area contributed by atoms with Crippen LogP contribution in [0.15, 0.2) is 18.3 Å². The molecule has 2 saturated carbocycles. The van der Waals surface area contributed by atoms with E-state index in [-0.39, 0.29) is 24.7 Å². The molecule has 1 heterocycles. The smallest absolute Gasteiger partial charge is 0.251 e. The second kappa shape index (κ2) is 7.77. The molecule has 1 amide bonds. The number of carbonyl (C=O) groups excluding carboxylic acids is 1. The number of hydrogen-bond donors (Lipinski definition) is 2. The Morgan fingerprint density at radius 2 is 2.09 bits per heavy atom. The van der Waals surface area contributed by atoms with Crippen molar-refractivity contribution in [2.24, 2.45) is 5.92 Å². The van der Waals surface area contributed by atoms with Gasteiger partial charge in [0.15, 0.2) is 0 Å².